The van der Waals surface area contributed by atoms with Gasteiger partial charge >= 0.3 is 0 Å². The van der Waals surface area contributed by atoms with Gasteiger partial charge in [0.25, 0.3) is 0 Å². The van der Waals surface area contributed by atoms with E-state index in [1.165, 1.54) is 0 Å². The summed E-state index contributed by atoms with van der Waals surface area (Å²) in [6.07, 6.45) is 1.65. The number of nitriles is 1. The summed E-state index contributed by atoms with van der Waals surface area (Å²) in [5.41, 5.74) is 5.97. The van der Waals surface area contributed by atoms with Gasteiger partial charge in [-0.2, -0.15) is 5.26 Å². The molecule has 74 valence electrons. The van der Waals surface area contributed by atoms with Gasteiger partial charge in [0.15, 0.2) is 0 Å². The second-order valence-corrected chi connectivity index (χ2v) is 3.86. The molecular weight excluding hydrogens is 244 g/mol. The molecule has 0 bridgehead atoms. The highest BCUT2D eigenvalue weighted by Crippen LogP contribution is 2.17. The maximum Gasteiger partial charge on any atom is 0.144 e. The minimum atomic E-state index is 0.107. The zero-order valence-electron chi connectivity index (χ0n) is 7.79. The van der Waals surface area contributed by atoms with E-state index in [1.54, 1.807) is 12.3 Å². The molecule has 1 unspecified atom stereocenters. The van der Waals surface area contributed by atoms with Gasteiger partial charge in [-0.3, -0.25) is 0 Å². The Morgan fingerprint density at radius 2 is 2.50 bits per heavy atom. The summed E-state index contributed by atoms with van der Waals surface area (Å²) in [5.74, 6) is 0.577. The van der Waals surface area contributed by atoms with E-state index in [1.807, 2.05) is 6.92 Å². The van der Waals surface area contributed by atoms with Crippen LogP contribution in [0.1, 0.15) is 12.5 Å². The van der Waals surface area contributed by atoms with Gasteiger partial charge in [0, 0.05) is 23.3 Å². The SMILES string of the molecule is CC(CN)Nc1ncc(Br)cc1C#N. The average Bonchev–Trinajstić information content (AvgIpc) is 2.20. The maximum absolute atomic E-state index is 8.85. The molecule has 0 radical (unpaired) electrons. The molecule has 4 nitrogen and oxygen atoms in total. The molecule has 0 aliphatic rings. The molecule has 5 heteroatoms. The van der Waals surface area contributed by atoms with Crippen LogP contribution < -0.4 is 11.1 Å². The number of hydrogen-bond acceptors (Lipinski definition) is 4. The first kappa shape index (κ1) is 11.0. The van der Waals surface area contributed by atoms with Crippen molar-refractivity contribution >= 4 is 21.7 Å². The van der Waals surface area contributed by atoms with Crippen LogP contribution >= 0.6 is 15.9 Å². The third kappa shape index (κ3) is 2.69. The topological polar surface area (TPSA) is 74.7 Å². The normalized spacial score (nSPS) is 11.9. The molecule has 1 rings (SSSR count). The summed E-state index contributed by atoms with van der Waals surface area (Å²) < 4.78 is 0.792. The number of hydrogen-bond donors (Lipinski definition) is 2. The summed E-state index contributed by atoms with van der Waals surface area (Å²) >= 11 is 3.25. The van der Waals surface area contributed by atoms with E-state index in [9.17, 15) is 0 Å². The average molecular weight is 255 g/mol. The molecular formula is C9H11BrN4. The number of nitrogens with zero attached hydrogens (tertiary/aromatic N) is 2. The number of anilines is 1. The van der Waals surface area contributed by atoms with Crippen molar-refractivity contribution < 1.29 is 0 Å². The van der Waals surface area contributed by atoms with Crippen molar-refractivity contribution in [2.45, 2.75) is 13.0 Å². The summed E-state index contributed by atoms with van der Waals surface area (Å²) in [6, 6.07) is 3.90. The fourth-order valence-corrected chi connectivity index (χ4v) is 1.26. The fourth-order valence-electron chi connectivity index (χ4n) is 0.932. The zero-order chi connectivity index (χ0) is 10.6. The predicted octanol–water partition coefficient (Wildman–Crippen LogP) is 1.47. The van der Waals surface area contributed by atoms with Crippen molar-refractivity contribution in [2.75, 3.05) is 11.9 Å². The first-order valence-corrected chi connectivity index (χ1v) is 4.99. The summed E-state index contributed by atoms with van der Waals surface area (Å²) in [4.78, 5) is 4.10. The standard InChI is InChI=1S/C9H11BrN4/c1-6(3-11)14-9-7(4-12)2-8(10)5-13-9/h2,5-6H,3,11H2,1H3,(H,13,14). The Bertz CT molecular complexity index is 358. The van der Waals surface area contributed by atoms with Gasteiger partial charge in [-0.25, -0.2) is 4.98 Å². The number of nitrogens with one attached hydrogen (secondary N) is 1. The van der Waals surface area contributed by atoms with E-state index in [0.717, 1.165) is 4.47 Å². The predicted molar refractivity (Wildman–Crippen MR) is 58.8 cm³/mol. The lowest BCUT2D eigenvalue weighted by Gasteiger charge is -2.12. The van der Waals surface area contributed by atoms with Crippen molar-refractivity contribution in [3.8, 4) is 6.07 Å². The monoisotopic (exact) mass is 254 g/mol. The zero-order valence-corrected chi connectivity index (χ0v) is 9.37. The molecule has 14 heavy (non-hydrogen) atoms. The molecule has 0 aliphatic carbocycles. The maximum atomic E-state index is 8.85. The van der Waals surface area contributed by atoms with Gasteiger partial charge in [0.05, 0.1) is 5.56 Å². The Balaban J connectivity index is 2.92. The van der Waals surface area contributed by atoms with Gasteiger partial charge < -0.3 is 11.1 Å². The molecule has 1 atom stereocenters. The molecule has 0 saturated carbocycles. The lowest BCUT2D eigenvalue weighted by atomic mass is 10.2. The van der Waals surface area contributed by atoms with Gasteiger partial charge in [0.1, 0.15) is 11.9 Å². The first-order chi connectivity index (χ1) is 6.67. The molecule has 1 aromatic heterocycles. The van der Waals surface area contributed by atoms with E-state index in [-0.39, 0.29) is 6.04 Å². The van der Waals surface area contributed by atoms with Crippen molar-refractivity contribution in [1.29, 1.82) is 5.26 Å². The highest BCUT2D eigenvalue weighted by atomic mass is 79.9. The van der Waals surface area contributed by atoms with Gasteiger partial charge in [-0.1, -0.05) is 0 Å². The van der Waals surface area contributed by atoms with Crippen LogP contribution in [0.5, 0.6) is 0 Å². The van der Waals surface area contributed by atoms with Crippen molar-refractivity contribution in [2.24, 2.45) is 5.73 Å². The summed E-state index contributed by atoms with van der Waals surface area (Å²) in [5, 5.41) is 11.9. The molecule has 0 saturated heterocycles. The van der Waals surface area contributed by atoms with Crippen LogP contribution in [0.15, 0.2) is 16.7 Å². The molecule has 0 aromatic carbocycles. The second kappa shape index (κ2) is 4.94. The van der Waals surface area contributed by atoms with E-state index < -0.39 is 0 Å². The first-order valence-electron chi connectivity index (χ1n) is 4.19. The second-order valence-electron chi connectivity index (χ2n) is 2.94. The number of rotatable bonds is 3. The highest BCUT2D eigenvalue weighted by molar-refractivity contribution is 9.10. The van der Waals surface area contributed by atoms with Crippen molar-refractivity contribution in [3.63, 3.8) is 0 Å². The third-order valence-corrected chi connectivity index (χ3v) is 2.15. The highest BCUT2D eigenvalue weighted by Gasteiger charge is 2.06. The van der Waals surface area contributed by atoms with Crippen LogP contribution in [0.2, 0.25) is 0 Å². The van der Waals surface area contributed by atoms with Crippen LogP contribution in [0.25, 0.3) is 0 Å². The summed E-state index contributed by atoms with van der Waals surface area (Å²) in [6.45, 7) is 2.44. The van der Waals surface area contributed by atoms with Gasteiger partial charge in [-0.15, -0.1) is 0 Å². The molecule has 0 spiro atoms. The molecule has 1 heterocycles. The molecule has 0 fully saturated rings. The lowest BCUT2D eigenvalue weighted by Crippen LogP contribution is -2.26. The summed E-state index contributed by atoms with van der Waals surface area (Å²) in [7, 11) is 0. The Kier molecular flexibility index (Phi) is 3.86. The van der Waals surface area contributed by atoms with E-state index >= 15 is 0 Å². The number of halogens is 1. The Morgan fingerprint density at radius 1 is 1.79 bits per heavy atom. The van der Waals surface area contributed by atoms with Crippen molar-refractivity contribution in [3.05, 3.63) is 22.3 Å². The molecule has 0 amide bonds. The van der Waals surface area contributed by atoms with Crippen molar-refractivity contribution in [1.82, 2.24) is 4.98 Å². The Morgan fingerprint density at radius 3 is 3.07 bits per heavy atom. The minimum absolute atomic E-state index is 0.107. The number of nitrogens with two attached hydrogens (primary N) is 1. The number of aromatic nitrogens is 1. The van der Waals surface area contributed by atoms with Gasteiger partial charge in [0.2, 0.25) is 0 Å². The Labute approximate surface area is 91.3 Å². The Hall–Kier alpha value is -1.12. The molecule has 1 aromatic rings. The van der Waals surface area contributed by atoms with E-state index in [0.29, 0.717) is 17.9 Å². The fraction of sp³-hybridized carbons (Fsp3) is 0.333. The van der Waals surface area contributed by atoms with Crippen LogP contribution in [-0.2, 0) is 0 Å². The lowest BCUT2D eigenvalue weighted by molar-refractivity contribution is 0.797. The smallest absolute Gasteiger partial charge is 0.144 e. The van der Waals surface area contributed by atoms with E-state index in [4.69, 9.17) is 11.0 Å². The molecule has 3 N–H and O–H groups in total. The van der Waals surface area contributed by atoms with Crippen LogP contribution in [0.3, 0.4) is 0 Å². The van der Waals surface area contributed by atoms with E-state index in [2.05, 4.69) is 32.3 Å². The number of pyridine rings is 1. The van der Waals surface area contributed by atoms with Crippen LogP contribution in [-0.4, -0.2) is 17.6 Å². The van der Waals surface area contributed by atoms with Crippen LogP contribution in [0.4, 0.5) is 5.82 Å². The third-order valence-electron chi connectivity index (χ3n) is 1.71. The van der Waals surface area contributed by atoms with Crippen LogP contribution in [0, 0.1) is 11.3 Å². The van der Waals surface area contributed by atoms with Gasteiger partial charge in [-0.05, 0) is 28.9 Å². The minimum Gasteiger partial charge on any atom is -0.365 e. The largest absolute Gasteiger partial charge is 0.365 e. The molecule has 0 aliphatic heterocycles. The quantitative estimate of drug-likeness (QED) is 0.857.